The number of hydrogen-bond donors (Lipinski definition) is 0. The van der Waals surface area contributed by atoms with Crippen LogP contribution in [0, 0.1) is 18.7 Å². The number of amides is 1. The summed E-state index contributed by atoms with van der Waals surface area (Å²) in [6.07, 6.45) is 4.79. The molecule has 5 nitrogen and oxygen atoms in total. The molecular formula is C25H28FN3O2. The molecule has 2 aromatic carbocycles. The molecule has 0 N–H and O–H groups in total. The van der Waals surface area contributed by atoms with E-state index in [1.165, 1.54) is 35.5 Å². The fraction of sp³-hybridized carbons (Fsp3) is 0.360. The lowest BCUT2D eigenvalue weighted by Gasteiger charge is -2.32. The first-order chi connectivity index (χ1) is 15.1. The van der Waals surface area contributed by atoms with E-state index in [9.17, 15) is 9.18 Å². The Morgan fingerprint density at radius 1 is 1.10 bits per heavy atom. The Bertz CT molecular complexity index is 993. The quantitative estimate of drug-likeness (QED) is 0.573. The van der Waals surface area contributed by atoms with Crippen molar-refractivity contribution in [1.82, 2.24) is 14.5 Å². The first kappa shape index (κ1) is 21.1. The van der Waals surface area contributed by atoms with Gasteiger partial charge in [0, 0.05) is 37.9 Å². The van der Waals surface area contributed by atoms with Gasteiger partial charge < -0.3 is 14.2 Å². The number of hydrogen-bond acceptors (Lipinski definition) is 3. The van der Waals surface area contributed by atoms with Gasteiger partial charge in [0.2, 0.25) is 0 Å². The van der Waals surface area contributed by atoms with Crippen LogP contribution in [-0.2, 0) is 17.8 Å². The van der Waals surface area contributed by atoms with Gasteiger partial charge in [-0.25, -0.2) is 9.37 Å². The number of benzene rings is 2. The number of aryl methyl sites for hydroxylation is 1. The van der Waals surface area contributed by atoms with Gasteiger partial charge in [-0.1, -0.05) is 30.3 Å². The van der Waals surface area contributed by atoms with Crippen LogP contribution in [0.25, 0.3) is 0 Å². The molecule has 162 valence electrons. The molecule has 1 saturated heterocycles. The Hall–Kier alpha value is -3.15. The second-order valence-electron chi connectivity index (χ2n) is 8.16. The maximum atomic E-state index is 13.0. The van der Waals surface area contributed by atoms with Crippen LogP contribution in [0.2, 0.25) is 0 Å². The number of imidazole rings is 1. The van der Waals surface area contributed by atoms with Crippen molar-refractivity contribution in [2.75, 3.05) is 19.7 Å². The Kier molecular flexibility index (Phi) is 6.65. The first-order valence-corrected chi connectivity index (χ1v) is 10.8. The number of nitrogens with zero attached hydrogens (tertiary/aromatic N) is 3. The highest BCUT2D eigenvalue weighted by Crippen LogP contribution is 2.23. The number of rotatable bonds is 7. The van der Waals surface area contributed by atoms with Crippen molar-refractivity contribution < 1.29 is 13.9 Å². The SMILES string of the molecule is Cc1cnc(CC2CCN(C(=O)COc3ccc(F)cc3)CC2)n1Cc1ccccc1. The normalized spacial score (nSPS) is 14.6. The summed E-state index contributed by atoms with van der Waals surface area (Å²) in [6, 6.07) is 16.2. The molecule has 1 fully saturated rings. The van der Waals surface area contributed by atoms with Crippen LogP contribution in [0.3, 0.4) is 0 Å². The number of carbonyl (C=O) groups is 1. The summed E-state index contributed by atoms with van der Waals surface area (Å²) >= 11 is 0. The molecule has 0 atom stereocenters. The molecule has 6 heteroatoms. The van der Waals surface area contributed by atoms with E-state index in [1.54, 1.807) is 0 Å². The third-order valence-electron chi connectivity index (χ3n) is 5.94. The molecule has 1 amide bonds. The maximum absolute atomic E-state index is 13.0. The van der Waals surface area contributed by atoms with Gasteiger partial charge in [0.25, 0.3) is 5.91 Å². The molecular weight excluding hydrogens is 393 g/mol. The van der Waals surface area contributed by atoms with E-state index in [0.717, 1.165) is 44.7 Å². The minimum atomic E-state index is -0.319. The predicted molar refractivity (Wildman–Crippen MR) is 117 cm³/mol. The summed E-state index contributed by atoms with van der Waals surface area (Å²) in [5, 5.41) is 0. The van der Waals surface area contributed by atoms with Crippen LogP contribution in [-0.4, -0.2) is 40.1 Å². The van der Waals surface area contributed by atoms with E-state index in [2.05, 4.69) is 40.7 Å². The van der Waals surface area contributed by atoms with Gasteiger partial charge in [-0.3, -0.25) is 4.79 Å². The lowest BCUT2D eigenvalue weighted by atomic mass is 9.93. The van der Waals surface area contributed by atoms with E-state index in [-0.39, 0.29) is 18.3 Å². The van der Waals surface area contributed by atoms with Crippen molar-refractivity contribution in [3.05, 3.63) is 83.7 Å². The molecule has 1 aliphatic heterocycles. The predicted octanol–water partition coefficient (Wildman–Crippen LogP) is 4.24. The third-order valence-corrected chi connectivity index (χ3v) is 5.94. The van der Waals surface area contributed by atoms with Crippen LogP contribution in [0.1, 0.15) is 29.9 Å². The lowest BCUT2D eigenvalue weighted by molar-refractivity contribution is -0.134. The van der Waals surface area contributed by atoms with Crippen LogP contribution in [0.5, 0.6) is 5.75 Å². The Morgan fingerprint density at radius 2 is 1.81 bits per heavy atom. The van der Waals surface area contributed by atoms with E-state index in [1.807, 2.05) is 17.2 Å². The summed E-state index contributed by atoms with van der Waals surface area (Å²) in [5.41, 5.74) is 2.44. The number of carbonyl (C=O) groups excluding carboxylic acids is 1. The standard InChI is InChI=1S/C25H28FN3O2/c1-19-16-27-24(29(19)17-21-5-3-2-4-6-21)15-20-11-13-28(14-12-20)25(30)18-31-23-9-7-22(26)8-10-23/h2-10,16,20H,11-15,17-18H2,1H3. The molecule has 3 aromatic rings. The molecule has 2 heterocycles. The minimum Gasteiger partial charge on any atom is -0.484 e. The van der Waals surface area contributed by atoms with E-state index >= 15 is 0 Å². The lowest BCUT2D eigenvalue weighted by Crippen LogP contribution is -2.41. The Morgan fingerprint density at radius 3 is 2.52 bits per heavy atom. The van der Waals surface area contributed by atoms with Crippen LogP contribution in [0.4, 0.5) is 4.39 Å². The molecule has 1 aromatic heterocycles. The van der Waals surface area contributed by atoms with Gasteiger partial charge in [-0.15, -0.1) is 0 Å². The number of aromatic nitrogens is 2. The largest absolute Gasteiger partial charge is 0.484 e. The van der Waals surface area contributed by atoms with Gasteiger partial charge >= 0.3 is 0 Å². The fourth-order valence-electron chi connectivity index (χ4n) is 4.07. The zero-order chi connectivity index (χ0) is 21.6. The van der Waals surface area contributed by atoms with Gasteiger partial charge in [0.1, 0.15) is 17.4 Å². The average Bonchev–Trinajstić information content (AvgIpc) is 3.13. The molecule has 0 aliphatic carbocycles. The summed E-state index contributed by atoms with van der Waals surface area (Å²) in [4.78, 5) is 19.0. The smallest absolute Gasteiger partial charge is 0.260 e. The summed E-state index contributed by atoms with van der Waals surface area (Å²) < 4.78 is 20.8. The Balaban J connectivity index is 1.27. The molecule has 31 heavy (non-hydrogen) atoms. The van der Waals surface area contributed by atoms with E-state index in [0.29, 0.717) is 11.7 Å². The molecule has 0 bridgehead atoms. The van der Waals surface area contributed by atoms with Gasteiger partial charge in [0.05, 0.1) is 0 Å². The first-order valence-electron chi connectivity index (χ1n) is 10.8. The fourth-order valence-corrected chi connectivity index (χ4v) is 4.07. The minimum absolute atomic E-state index is 0.0169. The molecule has 0 unspecified atom stereocenters. The number of likely N-dealkylation sites (tertiary alicyclic amines) is 1. The number of halogens is 1. The highest BCUT2D eigenvalue weighted by atomic mass is 19.1. The van der Waals surface area contributed by atoms with Crippen molar-refractivity contribution in [2.45, 2.75) is 32.7 Å². The number of ether oxygens (including phenoxy) is 1. The van der Waals surface area contributed by atoms with Gasteiger partial charge in [-0.05, 0) is 55.5 Å². The highest BCUT2D eigenvalue weighted by Gasteiger charge is 2.24. The third kappa shape index (κ3) is 5.51. The Labute approximate surface area is 182 Å². The second kappa shape index (κ2) is 9.77. The van der Waals surface area contributed by atoms with Crippen molar-refractivity contribution in [3.8, 4) is 5.75 Å². The molecule has 0 radical (unpaired) electrons. The van der Waals surface area contributed by atoms with Gasteiger partial charge in [-0.2, -0.15) is 0 Å². The zero-order valence-corrected chi connectivity index (χ0v) is 17.8. The molecule has 1 aliphatic rings. The van der Waals surface area contributed by atoms with Gasteiger partial charge in [0.15, 0.2) is 6.61 Å². The van der Waals surface area contributed by atoms with Crippen molar-refractivity contribution in [2.24, 2.45) is 5.92 Å². The second-order valence-corrected chi connectivity index (χ2v) is 8.16. The molecule has 0 spiro atoms. The summed E-state index contributed by atoms with van der Waals surface area (Å²) in [5.74, 6) is 1.79. The highest BCUT2D eigenvalue weighted by molar-refractivity contribution is 5.77. The summed E-state index contributed by atoms with van der Waals surface area (Å²) in [7, 11) is 0. The average molecular weight is 422 g/mol. The van der Waals surface area contributed by atoms with Crippen LogP contribution in [0.15, 0.2) is 60.8 Å². The monoisotopic (exact) mass is 421 g/mol. The van der Waals surface area contributed by atoms with Crippen LogP contribution < -0.4 is 4.74 Å². The van der Waals surface area contributed by atoms with Crippen molar-refractivity contribution >= 4 is 5.91 Å². The van der Waals surface area contributed by atoms with Crippen molar-refractivity contribution in [3.63, 3.8) is 0 Å². The molecule has 4 rings (SSSR count). The maximum Gasteiger partial charge on any atom is 0.260 e. The number of piperidine rings is 1. The van der Waals surface area contributed by atoms with Crippen molar-refractivity contribution in [1.29, 1.82) is 0 Å². The van der Waals surface area contributed by atoms with E-state index in [4.69, 9.17) is 4.74 Å². The topological polar surface area (TPSA) is 47.4 Å². The molecule has 0 saturated carbocycles. The van der Waals surface area contributed by atoms with E-state index < -0.39 is 0 Å². The summed E-state index contributed by atoms with van der Waals surface area (Å²) in [6.45, 7) is 4.38. The van der Waals surface area contributed by atoms with Crippen LogP contribution >= 0.6 is 0 Å². The zero-order valence-electron chi connectivity index (χ0n) is 17.8.